The van der Waals surface area contributed by atoms with E-state index in [1.165, 1.54) is 12.3 Å². The van der Waals surface area contributed by atoms with Gasteiger partial charge in [0.1, 0.15) is 5.82 Å². The summed E-state index contributed by atoms with van der Waals surface area (Å²) < 4.78 is 0. The van der Waals surface area contributed by atoms with Crippen LogP contribution in [0.5, 0.6) is 0 Å². The molecule has 0 unspecified atom stereocenters. The number of aromatic nitrogens is 1. The Bertz CT molecular complexity index is 497. The Balaban J connectivity index is 3.01. The number of rotatable bonds is 6. The average Bonchev–Trinajstić information content (AvgIpc) is 2.34. The standard InChI is InChI=1S/C13H16ClN3O2/c1-9(2)8-17(5-3-4-15)12-11(14)6-10(7-16-12)13(18)19/h6-7,9H,3,5,8H2,1-2H3,(H,18,19). The summed E-state index contributed by atoms with van der Waals surface area (Å²) in [5, 5.41) is 17.8. The van der Waals surface area contributed by atoms with Crippen molar-refractivity contribution in [3.63, 3.8) is 0 Å². The van der Waals surface area contributed by atoms with Gasteiger partial charge in [0.25, 0.3) is 0 Å². The van der Waals surface area contributed by atoms with Crippen LogP contribution in [-0.2, 0) is 0 Å². The van der Waals surface area contributed by atoms with Crippen LogP contribution < -0.4 is 4.90 Å². The molecule has 19 heavy (non-hydrogen) atoms. The van der Waals surface area contributed by atoms with E-state index in [9.17, 15) is 4.79 Å². The second-order valence-corrected chi connectivity index (χ2v) is 4.99. The number of nitrogens with zero attached hydrogens (tertiary/aromatic N) is 3. The zero-order chi connectivity index (χ0) is 14.4. The van der Waals surface area contributed by atoms with Crippen LogP contribution in [-0.4, -0.2) is 29.1 Å². The van der Waals surface area contributed by atoms with Crippen LogP contribution in [0.3, 0.4) is 0 Å². The highest BCUT2D eigenvalue weighted by Gasteiger charge is 2.15. The SMILES string of the molecule is CC(C)CN(CCC#N)c1ncc(C(=O)O)cc1Cl. The molecule has 0 atom stereocenters. The molecular formula is C13H16ClN3O2. The van der Waals surface area contributed by atoms with Crippen molar-refractivity contribution >= 4 is 23.4 Å². The first-order valence-electron chi connectivity index (χ1n) is 5.96. The summed E-state index contributed by atoms with van der Waals surface area (Å²) in [5.41, 5.74) is 0.0542. The third-order valence-corrected chi connectivity index (χ3v) is 2.73. The average molecular weight is 282 g/mol. The number of nitriles is 1. The van der Waals surface area contributed by atoms with E-state index in [1.54, 1.807) is 0 Å². The molecule has 1 rings (SSSR count). The highest BCUT2D eigenvalue weighted by Crippen LogP contribution is 2.25. The highest BCUT2D eigenvalue weighted by molar-refractivity contribution is 6.33. The van der Waals surface area contributed by atoms with E-state index >= 15 is 0 Å². The summed E-state index contributed by atoms with van der Waals surface area (Å²) in [7, 11) is 0. The monoisotopic (exact) mass is 281 g/mol. The summed E-state index contributed by atoms with van der Waals surface area (Å²) in [6, 6.07) is 3.46. The first-order chi connectivity index (χ1) is 8.95. The Morgan fingerprint density at radius 3 is 2.79 bits per heavy atom. The smallest absolute Gasteiger partial charge is 0.337 e. The molecule has 6 heteroatoms. The van der Waals surface area contributed by atoms with Crippen LogP contribution in [0, 0.1) is 17.2 Å². The van der Waals surface area contributed by atoms with Crippen molar-refractivity contribution in [3.05, 3.63) is 22.8 Å². The van der Waals surface area contributed by atoms with E-state index in [0.717, 1.165) is 0 Å². The molecule has 0 aliphatic rings. The maximum atomic E-state index is 10.8. The number of halogens is 1. The number of pyridine rings is 1. The van der Waals surface area contributed by atoms with Crippen LogP contribution in [0.4, 0.5) is 5.82 Å². The maximum Gasteiger partial charge on any atom is 0.337 e. The van der Waals surface area contributed by atoms with Crippen molar-refractivity contribution in [1.82, 2.24) is 4.98 Å². The molecule has 1 heterocycles. The third kappa shape index (κ3) is 4.42. The molecule has 0 radical (unpaired) electrons. The van der Waals surface area contributed by atoms with Gasteiger partial charge < -0.3 is 10.0 Å². The fraction of sp³-hybridized carbons (Fsp3) is 0.462. The molecule has 0 aliphatic carbocycles. The number of carboxylic acids is 1. The molecule has 1 aromatic rings. The number of hydrogen-bond donors (Lipinski definition) is 1. The fourth-order valence-electron chi connectivity index (χ4n) is 1.69. The van der Waals surface area contributed by atoms with E-state index in [4.69, 9.17) is 22.0 Å². The molecule has 5 nitrogen and oxygen atoms in total. The largest absolute Gasteiger partial charge is 0.478 e. The third-order valence-electron chi connectivity index (χ3n) is 2.45. The molecular weight excluding hydrogens is 266 g/mol. The van der Waals surface area contributed by atoms with Gasteiger partial charge in [0, 0.05) is 19.3 Å². The molecule has 1 N–H and O–H groups in total. The van der Waals surface area contributed by atoms with Gasteiger partial charge in [0.15, 0.2) is 0 Å². The van der Waals surface area contributed by atoms with Crippen LogP contribution >= 0.6 is 11.6 Å². The van der Waals surface area contributed by atoms with Gasteiger partial charge >= 0.3 is 5.97 Å². The van der Waals surface area contributed by atoms with Crippen LogP contribution in [0.15, 0.2) is 12.3 Å². The van der Waals surface area contributed by atoms with Crippen LogP contribution in [0.25, 0.3) is 0 Å². The van der Waals surface area contributed by atoms with Crippen molar-refractivity contribution < 1.29 is 9.90 Å². The Hall–Kier alpha value is -1.80. The Labute approximate surface area is 117 Å². The molecule has 0 bridgehead atoms. The van der Waals surface area contributed by atoms with Crippen molar-refractivity contribution in [1.29, 1.82) is 5.26 Å². The summed E-state index contributed by atoms with van der Waals surface area (Å²) in [4.78, 5) is 16.8. The summed E-state index contributed by atoms with van der Waals surface area (Å²) in [5.74, 6) is -0.153. The minimum absolute atomic E-state index is 0.0542. The molecule has 102 valence electrons. The minimum Gasteiger partial charge on any atom is -0.478 e. The van der Waals surface area contributed by atoms with Gasteiger partial charge in [-0.15, -0.1) is 0 Å². The normalized spacial score (nSPS) is 10.3. The predicted octanol–water partition coefficient (Wildman–Crippen LogP) is 2.81. The lowest BCUT2D eigenvalue weighted by Crippen LogP contribution is -2.29. The topological polar surface area (TPSA) is 77.2 Å². The van der Waals surface area contributed by atoms with Crippen molar-refractivity contribution in [2.75, 3.05) is 18.0 Å². The Kier molecular flexibility index (Phi) is 5.58. The van der Waals surface area contributed by atoms with Gasteiger partial charge in [-0.1, -0.05) is 25.4 Å². The summed E-state index contributed by atoms with van der Waals surface area (Å²) in [6.07, 6.45) is 1.65. The molecule has 0 aliphatic heterocycles. The van der Waals surface area contributed by atoms with Gasteiger partial charge in [0.05, 0.1) is 23.1 Å². The zero-order valence-corrected chi connectivity index (χ0v) is 11.7. The van der Waals surface area contributed by atoms with Crippen LogP contribution in [0.1, 0.15) is 30.6 Å². The minimum atomic E-state index is -1.06. The fourth-order valence-corrected chi connectivity index (χ4v) is 1.98. The van der Waals surface area contributed by atoms with E-state index in [0.29, 0.717) is 36.3 Å². The Morgan fingerprint density at radius 2 is 2.32 bits per heavy atom. The van der Waals surface area contributed by atoms with Crippen LogP contribution in [0.2, 0.25) is 5.02 Å². The van der Waals surface area contributed by atoms with E-state index < -0.39 is 5.97 Å². The van der Waals surface area contributed by atoms with E-state index in [-0.39, 0.29) is 5.56 Å². The number of carbonyl (C=O) groups is 1. The predicted molar refractivity (Wildman–Crippen MR) is 73.5 cm³/mol. The first kappa shape index (κ1) is 15.3. The zero-order valence-electron chi connectivity index (χ0n) is 10.9. The van der Waals surface area contributed by atoms with Crippen molar-refractivity contribution in [2.45, 2.75) is 20.3 Å². The molecule has 0 aromatic carbocycles. The summed E-state index contributed by atoms with van der Waals surface area (Å²) in [6.45, 7) is 5.34. The molecule has 0 amide bonds. The number of hydrogen-bond acceptors (Lipinski definition) is 4. The molecule has 0 spiro atoms. The Morgan fingerprint density at radius 1 is 1.63 bits per heavy atom. The lowest BCUT2D eigenvalue weighted by molar-refractivity contribution is 0.0696. The number of carboxylic acid groups (broad SMARTS) is 1. The molecule has 0 saturated carbocycles. The first-order valence-corrected chi connectivity index (χ1v) is 6.34. The quantitative estimate of drug-likeness (QED) is 0.867. The van der Waals surface area contributed by atoms with Gasteiger partial charge in [0.2, 0.25) is 0 Å². The van der Waals surface area contributed by atoms with Gasteiger partial charge in [-0.05, 0) is 12.0 Å². The number of aromatic carboxylic acids is 1. The highest BCUT2D eigenvalue weighted by atomic mass is 35.5. The van der Waals surface area contributed by atoms with Crippen molar-refractivity contribution in [2.24, 2.45) is 5.92 Å². The van der Waals surface area contributed by atoms with Gasteiger partial charge in [-0.25, -0.2) is 9.78 Å². The van der Waals surface area contributed by atoms with Gasteiger partial charge in [-0.3, -0.25) is 0 Å². The molecule has 1 aromatic heterocycles. The molecule has 0 fully saturated rings. The van der Waals surface area contributed by atoms with Gasteiger partial charge in [-0.2, -0.15) is 5.26 Å². The lowest BCUT2D eigenvalue weighted by Gasteiger charge is -2.25. The molecule has 0 saturated heterocycles. The lowest BCUT2D eigenvalue weighted by atomic mass is 10.2. The summed E-state index contributed by atoms with van der Waals surface area (Å²) >= 11 is 6.08. The number of anilines is 1. The van der Waals surface area contributed by atoms with Crippen molar-refractivity contribution in [3.8, 4) is 6.07 Å². The van der Waals surface area contributed by atoms with E-state index in [1.807, 2.05) is 4.90 Å². The van der Waals surface area contributed by atoms with E-state index in [2.05, 4.69) is 24.9 Å². The second kappa shape index (κ2) is 6.95. The second-order valence-electron chi connectivity index (χ2n) is 4.58. The maximum absolute atomic E-state index is 10.8.